The summed E-state index contributed by atoms with van der Waals surface area (Å²) in [6.07, 6.45) is 0.900. The monoisotopic (exact) mass is 366 g/mol. The van der Waals surface area contributed by atoms with Crippen molar-refractivity contribution in [1.29, 1.82) is 0 Å². The lowest BCUT2D eigenvalue weighted by atomic mass is 10.0. The third kappa shape index (κ3) is 4.48. The number of benzene rings is 2. The molecule has 27 heavy (non-hydrogen) atoms. The smallest absolute Gasteiger partial charge is 0.260 e. The van der Waals surface area contributed by atoms with E-state index in [1.807, 2.05) is 56.0 Å². The van der Waals surface area contributed by atoms with E-state index in [9.17, 15) is 9.59 Å². The Morgan fingerprint density at radius 2 is 1.67 bits per heavy atom. The van der Waals surface area contributed by atoms with Crippen molar-refractivity contribution in [3.8, 4) is 5.75 Å². The van der Waals surface area contributed by atoms with Gasteiger partial charge in [0.25, 0.3) is 5.91 Å². The fraction of sp³-hybridized carbons (Fsp3) is 0.364. The quantitative estimate of drug-likeness (QED) is 0.763. The molecular formula is C22H26N2O3. The van der Waals surface area contributed by atoms with Crippen LogP contribution >= 0.6 is 0 Å². The Hall–Kier alpha value is -2.82. The van der Waals surface area contributed by atoms with Gasteiger partial charge in [-0.25, -0.2) is 0 Å². The number of nitrogens with zero attached hydrogens (tertiary/aromatic N) is 2. The largest absolute Gasteiger partial charge is 0.484 e. The van der Waals surface area contributed by atoms with Gasteiger partial charge in [0.1, 0.15) is 12.0 Å². The first-order chi connectivity index (χ1) is 13.0. The zero-order chi connectivity index (χ0) is 19.4. The Balaban J connectivity index is 1.55. The minimum Gasteiger partial charge on any atom is -0.484 e. The van der Waals surface area contributed by atoms with Gasteiger partial charge in [-0.1, -0.05) is 17.7 Å². The highest BCUT2D eigenvalue weighted by molar-refractivity contribution is 5.80. The van der Waals surface area contributed by atoms with Crippen LogP contribution in [0.25, 0.3) is 0 Å². The summed E-state index contributed by atoms with van der Waals surface area (Å²) in [4.78, 5) is 27.7. The van der Waals surface area contributed by atoms with Gasteiger partial charge in [0.2, 0.25) is 0 Å². The third-order valence-corrected chi connectivity index (χ3v) is 5.07. The highest BCUT2D eigenvalue weighted by Gasteiger charge is 2.22. The van der Waals surface area contributed by atoms with E-state index in [1.165, 1.54) is 0 Å². The second-order valence-corrected chi connectivity index (χ2v) is 7.08. The van der Waals surface area contributed by atoms with Gasteiger partial charge in [-0.15, -0.1) is 0 Å². The molecule has 1 fully saturated rings. The second-order valence-electron chi connectivity index (χ2n) is 7.08. The summed E-state index contributed by atoms with van der Waals surface area (Å²) in [6, 6.07) is 11.7. The summed E-state index contributed by atoms with van der Waals surface area (Å²) < 4.78 is 5.61. The van der Waals surface area contributed by atoms with Crippen LogP contribution in [0.2, 0.25) is 0 Å². The SMILES string of the molecule is Cc1ccc(OCC(=O)N2CCN(c3cc(C)c(C=O)cc3C)CC2)cc1. The van der Waals surface area contributed by atoms with Gasteiger partial charge in [0.05, 0.1) is 0 Å². The first kappa shape index (κ1) is 19.0. The lowest BCUT2D eigenvalue weighted by molar-refractivity contribution is -0.133. The maximum Gasteiger partial charge on any atom is 0.260 e. The Bertz CT molecular complexity index is 822. The van der Waals surface area contributed by atoms with E-state index in [2.05, 4.69) is 11.0 Å². The maximum absolute atomic E-state index is 12.4. The van der Waals surface area contributed by atoms with E-state index < -0.39 is 0 Å². The fourth-order valence-electron chi connectivity index (χ4n) is 3.36. The molecule has 3 rings (SSSR count). The number of carbonyl (C=O) groups excluding carboxylic acids is 2. The summed E-state index contributed by atoms with van der Waals surface area (Å²) in [5.41, 5.74) is 5.11. The molecule has 1 heterocycles. The number of rotatable bonds is 5. The Kier molecular flexibility index (Phi) is 5.79. The minimum absolute atomic E-state index is 0.0134. The van der Waals surface area contributed by atoms with Crippen LogP contribution in [-0.2, 0) is 4.79 Å². The van der Waals surface area contributed by atoms with E-state index >= 15 is 0 Å². The Morgan fingerprint density at radius 3 is 2.30 bits per heavy atom. The molecule has 0 unspecified atom stereocenters. The van der Waals surface area contributed by atoms with Crippen LogP contribution < -0.4 is 9.64 Å². The first-order valence-corrected chi connectivity index (χ1v) is 9.26. The molecule has 1 amide bonds. The lowest BCUT2D eigenvalue weighted by Crippen LogP contribution is -2.50. The number of ether oxygens (including phenoxy) is 1. The van der Waals surface area contributed by atoms with Crippen molar-refractivity contribution >= 4 is 17.9 Å². The predicted octanol–water partition coefficient (Wildman–Crippen LogP) is 3.15. The molecule has 5 nitrogen and oxygen atoms in total. The molecule has 0 atom stereocenters. The zero-order valence-electron chi connectivity index (χ0n) is 16.2. The van der Waals surface area contributed by atoms with Gasteiger partial charge in [0.15, 0.2) is 6.61 Å². The van der Waals surface area contributed by atoms with Gasteiger partial charge in [-0.2, -0.15) is 0 Å². The topological polar surface area (TPSA) is 49.9 Å². The van der Waals surface area contributed by atoms with Gasteiger partial charge < -0.3 is 14.5 Å². The average Bonchev–Trinajstić information content (AvgIpc) is 2.69. The molecule has 5 heteroatoms. The Morgan fingerprint density at radius 1 is 1.00 bits per heavy atom. The molecule has 0 saturated carbocycles. The molecule has 142 valence electrons. The van der Waals surface area contributed by atoms with E-state index in [0.29, 0.717) is 18.8 Å². The Labute approximate surface area is 160 Å². The van der Waals surface area contributed by atoms with Gasteiger partial charge in [-0.05, 0) is 56.2 Å². The summed E-state index contributed by atoms with van der Waals surface area (Å²) >= 11 is 0. The normalized spacial score (nSPS) is 14.2. The number of aryl methyl sites for hydroxylation is 3. The van der Waals surface area contributed by atoms with Crippen molar-refractivity contribution in [3.63, 3.8) is 0 Å². The second kappa shape index (κ2) is 8.25. The van der Waals surface area contributed by atoms with Crippen LogP contribution in [0.1, 0.15) is 27.0 Å². The molecule has 0 radical (unpaired) electrons. The number of amides is 1. The highest BCUT2D eigenvalue weighted by Crippen LogP contribution is 2.25. The molecule has 0 aromatic heterocycles. The molecule has 0 N–H and O–H groups in total. The van der Waals surface area contributed by atoms with Crippen LogP contribution in [0.5, 0.6) is 5.75 Å². The number of hydrogen-bond donors (Lipinski definition) is 0. The lowest BCUT2D eigenvalue weighted by Gasteiger charge is -2.37. The predicted molar refractivity (Wildman–Crippen MR) is 107 cm³/mol. The van der Waals surface area contributed by atoms with Crippen molar-refractivity contribution < 1.29 is 14.3 Å². The minimum atomic E-state index is 0.0134. The van der Waals surface area contributed by atoms with Crippen LogP contribution in [0.3, 0.4) is 0 Å². The van der Waals surface area contributed by atoms with Crippen molar-refractivity contribution in [2.75, 3.05) is 37.7 Å². The fourth-order valence-corrected chi connectivity index (χ4v) is 3.36. The van der Waals surface area contributed by atoms with Crippen LogP contribution in [0.15, 0.2) is 36.4 Å². The highest BCUT2D eigenvalue weighted by atomic mass is 16.5. The van der Waals surface area contributed by atoms with Crippen molar-refractivity contribution in [2.45, 2.75) is 20.8 Å². The molecule has 1 saturated heterocycles. The van der Waals surface area contributed by atoms with E-state index in [4.69, 9.17) is 4.74 Å². The summed E-state index contributed by atoms with van der Waals surface area (Å²) in [5.74, 6) is 0.730. The molecule has 0 spiro atoms. The van der Waals surface area contributed by atoms with E-state index in [-0.39, 0.29) is 12.5 Å². The molecule has 2 aromatic rings. The number of aldehydes is 1. The molecule has 0 bridgehead atoms. The standard InChI is InChI=1S/C22H26N2O3/c1-16-4-6-20(7-5-16)27-15-22(26)24-10-8-23(9-11-24)21-13-17(2)19(14-25)12-18(21)3/h4-7,12-14H,8-11,15H2,1-3H3. The number of anilines is 1. The van der Waals surface area contributed by atoms with Gasteiger partial charge in [0, 0.05) is 37.4 Å². The van der Waals surface area contributed by atoms with E-state index in [1.54, 1.807) is 0 Å². The third-order valence-electron chi connectivity index (χ3n) is 5.07. The molecule has 1 aliphatic heterocycles. The van der Waals surface area contributed by atoms with Crippen molar-refractivity contribution in [1.82, 2.24) is 4.90 Å². The number of carbonyl (C=O) groups is 2. The van der Waals surface area contributed by atoms with Crippen LogP contribution in [0, 0.1) is 20.8 Å². The average molecular weight is 366 g/mol. The maximum atomic E-state index is 12.4. The first-order valence-electron chi connectivity index (χ1n) is 9.26. The van der Waals surface area contributed by atoms with Crippen LogP contribution in [0.4, 0.5) is 5.69 Å². The molecule has 2 aromatic carbocycles. The molecule has 0 aliphatic carbocycles. The van der Waals surface area contributed by atoms with Gasteiger partial charge >= 0.3 is 0 Å². The van der Waals surface area contributed by atoms with Crippen molar-refractivity contribution in [3.05, 3.63) is 58.7 Å². The van der Waals surface area contributed by atoms with Crippen molar-refractivity contribution in [2.24, 2.45) is 0 Å². The molecular weight excluding hydrogens is 340 g/mol. The summed E-state index contributed by atoms with van der Waals surface area (Å²) in [6.45, 7) is 8.95. The van der Waals surface area contributed by atoms with Crippen LogP contribution in [-0.4, -0.2) is 49.9 Å². The number of piperazine rings is 1. The summed E-state index contributed by atoms with van der Waals surface area (Å²) in [7, 11) is 0. The summed E-state index contributed by atoms with van der Waals surface area (Å²) in [5, 5.41) is 0. The molecule has 1 aliphatic rings. The number of hydrogen-bond acceptors (Lipinski definition) is 4. The van der Waals surface area contributed by atoms with E-state index in [0.717, 1.165) is 47.3 Å². The zero-order valence-corrected chi connectivity index (χ0v) is 16.2. The van der Waals surface area contributed by atoms with Gasteiger partial charge in [-0.3, -0.25) is 9.59 Å².